The molecule has 2 aliphatic rings. The van der Waals surface area contributed by atoms with E-state index in [4.69, 9.17) is 9.47 Å². The molecule has 2 unspecified atom stereocenters. The molecule has 0 spiro atoms. The minimum Gasteiger partial charge on any atom is -0.492 e. The Balaban J connectivity index is 1.69. The van der Waals surface area contributed by atoms with Crippen LogP contribution in [-0.4, -0.2) is 65.9 Å². The predicted molar refractivity (Wildman–Crippen MR) is 113 cm³/mol. The number of carbonyl (C=O) groups excluding carboxylic acids is 1. The highest BCUT2D eigenvalue weighted by Gasteiger charge is 2.49. The van der Waals surface area contributed by atoms with Gasteiger partial charge < -0.3 is 24.4 Å². The summed E-state index contributed by atoms with van der Waals surface area (Å²) in [6.45, 7) is 7.16. The number of rotatable bonds is 5. The van der Waals surface area contributed by atoms with Crippen molar-refractivity contribution < 1.29 is 19.4 Å². The smallest absolute Gasteiger partial charge is 0.410 e. The number of nitrogens with zero attached hydrogens (tertiary/aromatic N) is 2. The quantitative estimate of drug-likeness (QED) is 0.809. The van der Waals surface area contributed by atoms with Crippen molar-refractivity contribution in [2.75, 3.05) is 27.2 Å². The Kier molecular flexibility index (Phi) is 6.44. The standard InChI is InChI=1S/C23H36N2O4/c1-22(2,3)29-21(26)25-18-7-6-8-19(25)16-23(27,15-18)17-9-11-20(12-10-17)28-14-13-24(4)5/h9-12,18-19,27H,6-8,13-16H2,1-5H3. The van der Waals surface area contributed by atoms with Crippen molar-refractivity contribution in [2.24, 2.45) is 0 Å². The van der Waals surface area contributed by atoms with E-state index in [1.807, 2.05) is 64.0 Å². The highest BCUT2D eigenvalue weighted by molar-refractivity contribution is 5.69. The molecular formula is C23H36N2O4. The summed E-state index contributed by atoms with van der Waals surface area (Å²) in [4.78, 5) is 16.7. The molecule has 6 heteroatoms. The molecule has 2 bridgehead atoms. The van der Waals surface area contributed by atoms with Crippen molar-refractivity contribution in [2.45, 2.75) is 76.2 Å². The fourth-order valence-corrected chi connectivity index (χ4v) is 4.49. The highest BCUT2D eigenvalue weighted by Crippen LogP contribution is 2.45. The third kappa shape index (κ3) is 5.43. The Labute approximate surface area is 174 Å². The fraction of sp³-hybridized carbons (Fsp3) is 0.696. The second-order valence-electron chi connectivity index (χ2n) is 9.74. The van der Waals surface area contributed by atoms with Gasteiger partial charge in [-0.05, 0) is 71.8 Å². The molecule has 3 rings (SSSR count). The van der Waals surface area contributed by atoms with Crippen LogP contribution in [0.25, 0.3) is 0 Å². The first-order valence-electron chi connectivity index (χ1n) is 10.7. The Morgan fingerprint density at radius 1 is 1.17 bits per heavy atom. The summed E-state index contributed by atoms with van der Waals surface area (Å²) in [5.74, 6) is 0.811. The maximum atomic E-state index is 12.8. The summed E-state index contributed by atoms with van der Waals surface area (Å²) in [5.41, 5.74) is -0.531. The normalized spacial score (nSPS) is 27.1. The molecule has 6 nitrogen and oxygen atoms in total. The third-order valence-corrected chi connectivity index (χ3v) is 5.81. The zero-order valence-electron chi connectivity index (χ0n) is 18.5. The van der Waals surface area contributed by atoms with Crippen LogP contribution in [0.3, 0.4) is 0 Å². The molecule has 0 saturated carbocycles. The number of carbonyl (C=O) groups is 1. The highest BCUT2D eigenvalue weighted by atomic mass is 16.6. The van der Waals surface area contributed by atoms with E-state index in [0.717, 1.165) is 37.1 Å². The van der Waals surface area contributed by atoms with Crippen LogP contribution in [0.1, 0.15) is 58.4 Å². The lowest BCUT2D eigenvalue weighted by Gasteiger charge is -2.51. The first-order chi connectivity index (χ1) is 13.6. The number of hydrogen-bond acceptors (Lipinski definition) is 5. The molecule has 2 aliphatic heterocycles. The van der Waals surface area contributed by atoms with Crippen molar-refractivity contribution in [3.05, 3.63) is 29.8 Å². The molecule has 0 radical (unpaired) electrons. The van der Waals surface area contributed by atoms with Crippen molar-refractivity contribution >= 4 is 6.09 Å². The van der Waals surface area contributed by atoms with Crippen LogP contribution in [0.15, 0.2) is 24.3 Å². The Morgan fingerprint density at radius 3 is 2.28 bits per heavy atom. The molecule has 1 aromatic carbocycles. The average molecular weight is 405 g/mol. The van der Waals surface area contributed by atoms with Gasteiger partial charge in [0.2, 0.25) is 0 Å². The van der Waals surface area contributed by atoms with E-state index in [-0.39, 0.29) is 18.2 Å². The lowest BCUT2D eigenvalue weighted by molar-refractivity contribution is -0.0965. The lowest BCUT2D eigenvalue weighted by atomic mass is 9.72. The minimum atomic E-state index is -0.920. The number of amides is 1. The van der Waals surface area contributed by atoms with Crippen molar-refractivity contribution in [1.29, 1.82) is 0 Å². The Hall–Kier alpha value is -1.79. The predicted octanol–water partition coefficient (Wildman–Crippen LogP) is 3.77. The van der Waals surface area contributed by atoms with E-state index in [1.54, 1.807) is 0 Å². The molecule has 1 aromatic rings. The topological polar surface area (TPSA) is 62.2 Å². The van der Waals surface area contributed by atoms with Crippen molar-refractivity contribution in [1.82, 2.24) is 9.80 Å². The third-order valence-electron chi connectivity index (χ3n) is 5.81. The number of fused-ring (bicyclic) bond motifs is 2. The molecule has 1 amide bonds. The number of aliphatic hydroxyl groups is 1. The van der Waals surface area contributed by atoms with E-state index in [0.29, 0.717) is 19.4 Å². The van der Waals surface area contributed by atoms with E-state index in [2.05, 4.69) is 4.90 Å². The fourth-order valence-electron chi connectivity index (χ4n) is 4.49. The number of ether oxygens (including phenoxy) is 2. The van der Waals surface area contributed by atoms with Gasteiger partial charge in [0, 0.05) is 31.5 Å². The van der Waals surface area contributed by atoms with Gasteiger partial charge in [0.05, 0.1) is 5.60 Å². The molecule has 2 fully saturated rings. The van der Waals surface area contributed by atoms with E-state index in [9.17, 15) is 9.90 Å². The van der Waals surface area contributed by atoms with Crippen LogP contribution in [0.4, 0.5) is 4.79 Å². The molecule has 2 atom stereocenters. The van der Waals surface area contributed by atoms with Crippen LogP contribution in [0, 0.1) is 0 Å². The molecule has 0 aliphatic carbocycles. The van der Waals surface area contributed by atoms with Crippen molar-refractivity contribution in [3.63, 3.8) is 0 Å². The summed E-state index contributed by atoms with van der Waals surface area (Å²) in [5, 5.41) is 11.5. The maximum Gasteiger partial charge on any atom is 0.410 e. The van der Waals surface area contributed by atoms with Gasteiger partial charge in [-0.25, -0.2) is 4.79 Å². The largest absolute Gasteiger partial charge is 0.492 e. The summed E-state index contributed by atoms with van der Waals surface area (Å²) >= 11 is 0. The van der Waals surface area contributed by atoms with Gasteiger partial charge in [-0.15, -0.1) is 0 Å². The van der Waals surface area contributed by atoms with Gasteiger partial charge in [0.1, 0.15) is 18.0 Å². The van der Waals surface area contributed by atoms with Gasteiger partial charge in [-0.1, -0.05) is 12.1 Å². The Bertz CT molecular complexity index is 682. The van der Waals surface area contributed by atoms with Gasteiger partial charge in [-0.3, -0.25) is 0 Å². The first-order valence-corrected chi connectivity index (χ1v) is 10.7. The van der Waals surface area contributed by atoms with Gasteiger partial charge in [-0.2, -0.15) is 0 Å². The van der Waals surface area contributed by atoms with Crippen LogP contribution < -0.4 is 4.74 Å². The van der Waals surface area contributed by atoms with Crippen LogP contribution in [-0.2, 0) is 10.3 Å². The van der Waals surface area contributed by atoms with Crippen LogP contribution in [0.2, 0.25) is 0 Å². The number of benzene rings is 1. The van der Waals surface area contributed by atoms with Crippen LogP contribution >= 0.6 is 0 Å². The number of piperidine rings is 2. The molecule has 2 saturated heterocycles. The lowest BCUT2D eigenvalue weighted by Crippen LogP contribution is -2.59. The monoisotopic (exact) mass is 404 g/mol. The van der Waals surface area contributed by atoms with Gasteiger partial charge in [0.15, 0.2) is 0 Å². The first kappa shape index (κ1) is 21.9. The van der Waals surface area contributed by atoms with E-state index >= 15 is 0 Å². The second kappa shape index (κ2) is 8.52. The number of likely N-dealkylation sites (N-methyl/N-ethyl adjacent to an activating group) is 1. The molecule has 29 heavy (non-hydrogen) atoms. The summed E-state index contributed by atoms with van der Waals surface area (Å²) in [7, 11) is 4.03. The molecule has 0 aromatic heterocycles. The minimum absolute atomic E-state index is 0.0124. The summed E-state index contributed by atoms with van der Waals surface area (Å²) in [6, 6.07) is 7.81. The van der Waals surface area contributed by atoms with E-state index < -0.39 is 11.2 Å². The Morgan fingerprint density at radius 2 is 1.76 bits per heavy atom. The zero-order valence-corrected chi connectivity index (χ0v) is 18.5. The molecule has 162 valence electrons. The maximum absolute atomic E-state index is 12.8. The van der Waals surface area contributed by atoms with Crippen molar-refractivity contribution in [3.8, 4) is 5.75 Å². The number of hydrogen-bond donors (Lipinski definition) is 1. The second-order valence-corrected chi connectivity index (χ2v) is 9.74. The molecular weight excluding hydrogens is 368 g/mol. The summed E-state index contributed by atoms with van der Waals surface area (Å²) < 4.78 is 11.4. The average Bonchev–Trinajstić information content (AvgIpc) is 2.59. The SMILES string of the molecule is CN(C)CCOc1ccc(C2(O)CC3CCCC(C2)N3C(=O)OC(C)(C)C)cc1. The van der Waals surface area contributed by atoms with Gasteiger partial charge in [0.25, 0.3) is 0 Å². The zero-order chi connectivity index (χ0) is 21.2. The molecule has 2 heterocycles. The van der Waals surface area contributed by atoms with E-state index in [1.165, 1.54) is 0 Å². The summed E-state index contributed by atoms with van der Waals surface area (Å²) in [6.07, 6.45) is 3.74. The molecule has 1 N–H and O–H groups in total. The van der Waals surface area contributed by atoms with Gasteiger partial charge >= 0.3 is 6.09 Å². The van der Waals surface area contributed by atoms with Crippen LogP contribution in [0.5, 0.6) is 5.75 Å².